The van der Waals surface area contributed by atoms with Crippen molar-refractivity contribution < 1.29 is 18.3 Å². The van der Waals surface area contributed by atoms with Gasteiger partial charge in [0, 0.05) is 13.1 Å². The first kappa shape index (κ1) is 12.3. The molecule has 0 rings (SSSR count). The topological polar surface area (TPSA) is 122 Å². The summed E-state index contributed by atoms with van der Waals surface area (Å²) < 4.78 is 25.8. The van der Waals surface area contributed by atoms with Crippen molar-refractivity contribution in [1.29, 1.82) is 0 Å². The first-order valence-corrected chi connectivity index (χ1v) is 5.09. The first-order valence-electron chi connectivity index (χ1n) is 3.60. The summed E-state index contributed by atoms with van der Waals surface area (Å²) in [6.07, 6.45) is -1.51. The number of carbonyl (C=O) groups excluding carboxylic acids is 1. The monoisotopic (exact) mass is 211 g/mol. The Morgan fingerprint density at radius 2 is 2.08 bits per heavy atom. The summed E-state index contributed by atoms with van der Waals surface area (Å²) in [4.78, 5) is 10.3. The van der Waals surface area contributed by atoms with Gasteiger partial charge in [-0.25, -0.2) is 4.72 Å². The molecule has 0 fully saturated rings. The molecule has 0 aromatic carbocycles. The molecule has 0 saturated heterocycles. The fourth-order valence-corrected chi connectivity index (χ4v) is 1.39. The van der Waals surface area contributed by atoms with Gasteiger partial charge in [0.1, 0.15) is 6.10 Å². The summed E-state index contributed by atoms with van der Waals surface area (Å²) in [6, 6.07) is 0. The Morgan fingerprint density at radius 1 is 1.54 bits per heavy atom. The zero-order valence-electron chi connectivity index (χ0n) is 7.15. The predicted molar refractivity (Wildman–Crippen MR) is 45.8 cm³/mol. The summed E-state index contributed by atoms with van der Waals surface area (Å²) in [5.74, 6) is -0.973. The van der Waals surface area contributed by atoms with E-state index in [9.17, 15) is 13.2 Å². The van der Waals surface area contributed by atoms with Crippen molar-refractivity contribution in [1.82, 2.24) is 9.44 Å². The van der Waals surface area contributed by atoms with Gasteiger partial charge in [-0.3, -0.25) is 4.79 Å². The van der Waals surface area contributed by atoms with E-state index in [1.807, 2.05) is 4.72 Å². The van der Waals surface area contributed by atoms with Gasteiger partial charge in [0.05, 0.1) is 0 Å². The van der Waals surface area contributed by atoms with E-state index in [-0.39, 0.29) is 6.54 Å². The van der Waals surface area contributed by atoms with Crippen LogP contribution in [0.1, 0.15) is 6.92 Å². The highest BCUT2D eigenvalue weighted by Gasteiger charge is 2.14. The molecular weight excluding hydrogens is 198 g/mol. The summed E-state index contributed by atoms with van der Waals surface area (Å²) in [5, 5.41) is 8.83. The van der Waals surface area contributed by atoms with Crippen molar-refractivity contribution in [3.63, 3.8) is 0 Å². The summed E-state index contributed by atoms with van der Waals surface area (Å²) in [7, 11) is -3.63. The second kappa shape index (κ2) is 5.12. The molecule has 78 valence electrons. The molecular formula is C5H13N3O4S. The normalized spacial score (nSPS) is 14.0. The number of primary amides is 1. The van der Waals surface area contributed by atoms with E-state index in [1.54, 1.807) is 6.92 Å². The van der Waals surface area contributed by atoms with E-state index in [2.05, 4.69) is 4.72 Å². The van der Waals surface area contributed by atoms with E-state index in [1.165, 1.54) is 0 Å². The molecule has 1 atom stereocenters. The Hall–Kier alpha value is -0.700. The first-order chi connectivity index (χ1) is 5.89. The minimum Gasteiger partial charge on any atom is -0.382 e. The van der Waals surface area contributed by atoms with Gasteiger partial charge in [0.15, 0.2) is 0 Å². The fraction of sp³-hybridized carbons (Fsp3) is 0.800. The van der Waals surface area contributed by atoms with Gasteiger partial charge < -0.3 is 10.8 Å². The van der Waals surface area contributed by atoms with Gasteiger partial charge in [-0.1, -0.05) is 6.92 Å². The van der Waals surface area contributed by atoms with Gasteiger partial charge in [-0.2, -0.15) is 13.1 Å². The van der Waals surface area contributed by atoms with Crippen molar-refractivity contribution in [3.8, 4) is 0 Å². The van der Waals surface area contributed by atoms with E-state index in [0.29, 0.717) is 0 Å². The Morgan fingerprint density at radius 3 is 2.46 bits per heavy atom. The van der Waals surface area contributed by atoms with E-state index >= 15 is 0 Å². The molecule has 5 N–H and O–H groups in total. The molecule has 0 heterocycles. The molecule has 0 saturated carbocycles. The molecule has 1 amide bonds. The number of carbonyl (C=O) groups is 1. The van der Waals surface area contributed by atoms with Gasteiger partial charge in [-0.05, 0) is 0 Å². The largest absolute Gasteiger partial charge is 0.382 e. The SMILES string of the molecule is CCNS(=O)(=O)NCC(O)C(N)=O. The number of hydrogen-bond donors (Lipinski definition) is 4. The predicted octanol–water partition coefficient (Wildman–Crippen LogP) is -2.72. The number of hydrogen-bond acceptors (Lipinski definition) is 4. The lowest BCUT2D eigenvalue weighted by atomic mass is 10.3. The van der Waals surface area contributed by atoms with Crippen molar-refractivity contribution in [2.24, 2.45) is 5.73 Å². The van der Waals surface area contributed by atoms with E-state index in [4.69, 9.17) is 10.8 Å². The zero-order chi connectivity index (χ0) is 10.5. The number of aliphatic hydroxyl groups is 1. The van der Waals surface area contributed by atoms with Crippen LogP contribution in [0.2, 0.25) is 0 Å². The summed E-state index contributed by atoms with van der Waals surface area (Å²) in [6.45, 7) is 1.40. The highest BCUT2D eigenvalue weighted by atomic mass is 32.2. The Kier molecular flexibility index (Phi) is 4.85. The number of aliphatic hydroxyl groups excluding tert-OH is 1. The molecule has 7 nitrogen and oxygen atoms in total. The molecule has 0 bridgehead atoms. The summed E-state index contributed by atoms with van der Waals surface area (Å²) in [5.41, 5.74) is 4.70. The number of amides is 1. The molecule has 1 unspecified atom stereocenters. The minimum atomic E-state index is -3.63. The summed E-state index contributed by atoms with van der Waals surface area (Å²) >= 11 is 0. The molecule has 0 aromatic heterocycles. The lowest BCUT2D eigenvalue weighted by Gasteiger charge is -2.08. The average Bonchev–Trinajstić information content (AvgIpc) is 2.00. The zero-order valence-corrected chi connectivity index (χ0v) is 7.97. The minimum absolute atomic E-state index is 0.224. The van der Waals surface area contributed by atoms with Crippen LogP contribution < -0.4 is 15.2 Å². The van der Waals surface area contributed by atoms with Gasteiger partial charge in [-0.15, -0.1) is 0 Å². The lowest BCUT2D eigenvalue weighted by Crippen LogP contribution is -2.44. The molecule has 0 aliphatic carbocycles. The van der Waals surface area contributed by atoms with Crippen LogP contribution in [-0.4, -0.2) is 38.6 Å². The maximum absolute atomic E-state index is 10.9. The molecule has 8 heteroatoms. The third-order valence-corrected chi connectivity index (χ3v) is 2.34. The van der Waals surface area contributed by atoms with Crippen LogP contribution in [0.5, 0.6) is 0 Å². The van der Waals surface area contributed by atoms with Crippen LogP contribution in [0.4, 0.5) is 0 Å². The van der Waals surface area contributed by atoms with Crippen LogP contribution >= 0.6 is 0 Å². The second-order valence-electron chi connectivity index (χ2n) is 2.27. The molecule has 0 aliphatic heterocycles. The van der Waals surface area contributed by atoms with Crippen LogP contribution in [-0.2, 0) is 15.0 Å². The molecule has 0 aromatic rings. The fourth-order valence-electron chi connectivity index (χ4n) is 0.530. The van der Waals surface area contributed by atoms with Crippen molar-refractivity contribution in [2.75, 3.05) is 13.1 Å². The third kappa shape index (κ3) is 5.53. The number of nitrogens with two attached hydrogens (primary N) is 1. The van der Waals surface area contributed by atoms with Gasteiger partial charge >= 0.3 is 0 Å². The average molecular weight is 211 g/mol. The quantitative estimate of drug-likeness (QED) is 0.381. The van der Waals surface area contributed by atoms with Gasteiger partial charge in [0.2, 0.25) is 5.91 Å². The molecule has 0 spiro atoms. The van der Waals surface area contributed by atoms with E-state index < -0.39 is 28.8 Å². The molecule has 13 heavy (non-hydrogen) atoms. The maximum atomic E-state index is 10.9. The Balaban J connectivity index is 3.95. The van der Waals surface area contributed by atoms with Crippen molar-refractivity contribution in [3.05, 3.63) is 0 Å². The van der Waals surface area contributed by atoms with Gasteiger partial charge in [0.25, 0.3) is 10.2 Å². The Bertz CT molecular complexity index is 263. The van der Waals surface area contributed by atoms with Crippen molar-refractivity contribution >= 4 is 16.1 Å². The highest BCUT2D eigenvalue weighted by molar-refractivity contribution is 7.87. The second-order valence-corrected chi connectivity index (χ2v) is 3.85. The van der Waals surface area contributed by atoms with Crippen LogP contribution in [0.25, 0.3) is 0 Å². The third-order valence-electron chi connectivity index (χ3n) is 1.13. The Labute approximate surface area is 76.5 Å². The molecule has 0 aliphatic rings. The smallest absolute Gasteiger partial charge is 0.277 e. The van der Waals surface area contributed by atoms with Crippen molar-refractivity contribution in [2.45, 2.75) is 13.0 Å². The highest BCUT2D eigenvalue weighted by Crippen LogP contribution is 1.81. The maximum Gasteiger partial charge on any atom is 0.277 e. The van der Waals surface area contributed by atoms with Crippen LogP contribution in [0.15, 0.2) is 0 Å². The number of rotatable bonds is 6. The molecule has 0 radical (unpaired) electrons. The van der Waals surface area contributed by atoms with Crippen LogP contribution in [0.3, 0.4) is 0 Å². The van der Waals surface area contributed by atoms with Crippen LogP contribution in [0, 0.1) is 0 Å². The number of nitrogens with one attached hydrogen (secondary N) is 2. The van der Waals surface area contributed by atoms with E-state index in [0.717, 1.165) is 0 Å². The lowest BCUT2D eigenvalue weighted by molar-refractivity contribution is -0.125. The standard InChI is InChI=1S/C5H13N3O4S/c1-2-7-13(11,12)8-3-4(9)5(6)10/h4,7-9H,2-3H2,1H3,(H2,6,10).